The second-order valence-electron chi connectivity index (χ2n) is 3.98. The van der Waals surface area contributed by atoms with Crippen LogP contribution in [-0.4, -0.2) is 27.4 Å². The van der Waals surface area contributed by atoms with Gasteiger partial charge in [0.2, 0.25) is 0 Å². The standard InChI is InChI=1S/C12H17NO4/c1-9-7-11(15)10(12(16)17)8-13(9)5-3-2-4-6-14/h7-8,14H,2-6H2,1H3,(H,16,17). The van der Waals surface area contributed by atoms with Gasteiger partial charge in [0.15, 0.2) is 5.43 Å². The van der Waals surface area contributed by atoms with E-state index in [2.05, 4.69) is 0 Å². The molecule has 0 atom stereocenters. The van der Waals surface area contributed by atoms with Gasteiger partial charge in [0.25, 0.3) is 0 Å². The molecule has 0 fully saturated rings. The van der Waals surface area contributed by atoms with Gasteiger partial charge in [-0.25, -0.2) is 4.79 Å². The van der Waals surface area contributed by atoms with Crippen LogP contribution in [0, 0.1) is 6.92 Å². The lowest BCUT2D eigenvalue weighted by Crippen LogP contribution is -2.19. The van der Waals surface area contributed by atoms with Crippen molar-refractivity contribution in [3.63, 3.8) is 0 Å². The average molecular weight is 239 g/mol. The lowest BCUT2D eigenvalue weighted by atomic mass is 10.2. The average Bonchev–Trinajstić information content (AvgIpc) is 2.26. The molecule has 0 amide bonds. The first-order valence-electron chi connectivity index (χ1n) is 5.61. The highest BCUT2D eigenvalue weighted by atomic mass is 16.4. The Bertz CT molecular complexity index is 450. The summed E-state index contributed by atoms with van der Waals surface area (Å²) in [5.74, 6) is -1.20. The third-order valence-corrected chi connectivity index (χ3v) is 2.63. The van der Waals surface area contributed by atoms with E-state index in [-0.39, 0.29) is 12.2 Å². The van der Waals surface area contributed by atoms with Crippen LogP contribution < -0.4 is 5.43 Å². The molecule has 0 bridgehead atoms. The van der Waals surface area contributed by atoms with Gasteiger partial charge in [-0.05, 0) is 26.2 Å². The van der Waals surface area contributed by atoms with Crippen LogP contribution in [0.2, 0.25) is 0 Å². The summed E-state index contributed by atoms with van der Waals surface area (Å²) in [7, 11) is 0. The number of pyridine rings is 1. The van der Waals surface area contributed by atoms with Crippen molar-refractivity contribution in [2.24, 2.45) is 0 Å². The van der Waals surface area contributed by atoms with Gasteiger partial charge in [-0.3, -0.25) is 4.79 Å². The van der Waals surface area contributed by atoms with Gasteiger partial charge < -0.3 is 14.8 Å². The number of hydrogen-bond donors (Lipinski definition) is 2. The molecule has 94 valence electrons. The van der Waals surface area contributed by atoms with Gasteiger partial charge in [0.1, 0.15) is 5.56 Å². The lowest BCUT2D eigenvalue weighted by molar-refractivity contribution is 0.0694. The number of carboxylic acid groups (broad SMARTS) is 1. The third kappa shape index (κ3) is 3.71. The van der Waals surface area contributed by atoms with E-state index in [4.69, 9.17) is 10.2 Å². The molecule has 2 N–H and O–H groups in total. The summed E-state index contributed by atoms with van der Waals surface area (Å²) < 4.78 is 1.77. The Morgan fingerprint density at radius 2 is 2.06 bits per heavy atom. The smallest absolute Gasteiger partial charge is 0.341 e. The highest BCUT2D eigenvalue weighted by molar-refractivity contribution is 5.87. The molecule has 0 aliphatic rings. The minimum Gasteiger partial charge on any atom is -0.477 e. The number of aromatic carboxylic acids is 1. The molecule has 0 unspecified atom stereocenters. The lowest BCUT2D eigenvalue weighted by Gasteiger charge is -2.11. The molecule has 0 spiro atoms. The van der Waals surface area contributed by atoms with E-state index in [9.17, 15) is 9.59 Å². The number of rotatable bonds is 6. The van der Waals surface area contributed by atoms with Crippen molar-refractivity contribution in [1.82, 2.24) is 4.57 Å². The fraction of sp³-hybridized carbons (Fsp3) is 0.500. The van der Waals surface area contributed by atoms with Crippen molar-refractivity contribution in [3.8, 4) is 0 Å². The zero-order valence-corrected chi connectivity index (χ0v) is 9.85. The maximum atomic E-state index is 11.4. The normalized spacial score (nSPS) is 10.5. The molecule has 0 aliphatic carbocycles. The molecular formula is C12H17NO4. The Morgan fingerprint density at radius 1 is 1.35 bits per heavy atom. The van der Waals surface area contributed by atoms with Crippen LogP contribution in [0.25, 0.3) is 0 Å². The van der Waals surface area contributed by atoms with Crippen LogP contribution in [0.15, 0.2) is 17.1 Å². The summed E-state index contributed by atoms with van der Waals surface area (Å²) in [6.07, 6.45) is 3.86. The van der Waals surface area contributed by atoms with E-state index in [1.165, 1.54) is 12.3 Å². The predicted molar refractivity (Wildman–Crippen MR) is 63.3 cm³/mol. The molecule has 0 saturated heterocycles. The Labute approximate surface area is 99.3 Å². The molecule has 0 aromatic carbocycles. The number of aryl methyl sites for hydroxylation is 2. The summed E-state index contributed by atoms with van der Waals surface area (Å²) >= 11 is 0. The number of unbranched alkanes of at least 4 members (excludes halogenated alkanes) is 2. The molecule has 17 heavy (non-hydrogen) atoms. The second-order valence-corrected chi connectivity index (χ2v) is 3.98. The molecule has 1 aromatic heterocycles. The van der Waals surface area contributed by atoms with Crippen molar-refractivity contribution >= 4 is 5.97 Å². The third-order valence-electron chi connectivity index (χ3n) is 2.63. The van der Waals surface area contributed by atoms with E-state index in [0.29, 0.717) is 6.54 Å². The van der Waals surface area contributed by atoms with E-state index in [1.54, 1.807) is 11.5 Å². The van der Waals surface area contributed by atoms with E-state index >= 15 is 0 Å². The minimum absolute atomic E-state index is 0.170. The van der Waals surface area contributed by atoms with Crippen LogP contribution in [-0.2, 0) is 6.54 Å². The predicted octanol–water partition coefficient (Wildman–Crippen LogP) is 1.02. The number of aromatic nitrogens is 1. The molecular weight excluding hydrogens is 222 g/mol. The summed E-state index contributed by atoms with van der Waals surface area (Å²) in [5.41, 5.74) is 0.100. The minimum atomic E-state index is -1.20. The molecule has 1 heterocycles. The first-order chi connectivity index (χ1) is 8.06. The molecule has 5 heteroatoms. The molecule has 1 rings (SSSR count). The Kier molecular flexibility index (Phi) is 4.90. The zero-order valence-electron chi connectivity index (χ0n) is 9.85. The van der Waals surface area contributed by atoms with Crippen molar-refractivity contribution in [2.75, 3.05) is 6.61 Å². The number of aliphatic hydroxyl groups is 1. The molecule has 0 saturated carbocycles. The monoisotopic (exact) mass is 239 g/mol. The highest BCUT2D eigenvalue weighted by Gasteiger charge is 2.10. The Balaban J connectivity index is 2.81. The summed E-state index contributed by atoms with van der Waals surface area (Å²) in [4.78, 5) is 22.2. The van der Waals surface area contributed by atoms with E-state index in [0.717, 1.165) is 25.0 Å². The summed E-state index contributed by atoms with van der Waals surface area (Å²) in [5, 5.41) is 17.5. The van der Waals surface area contributed by atoms with Gasteiger partial charge in [0.05, 0.1) is 0 Å². The number of nitrogens with zero attached hydrogens (tertiary/aromatic N) is 1. The fourth-order valence-electron chi connectivity index (χ4n) is 1.64. The van der Waals surface area contributed by atoms with Gasteiger partial charge in [-0.1, -0.05) is 0 Å². The quantitative estimate of drug-likeness (QED) is 0.726. The topological polar surface area (TPSA) is 79.5 Å². The van der Waals surface area contributed by atoms with Crippen molar-refractivity contribution < 1.29 is 15.0 Å². The van der Waals surface area contributed by atoms with E-state index in [1.807, 2.05) is 0 Å². The van der Waals surface area contributed by atoms with Gasteiger partial charge >= 0.3 is 5.97 Å². The van der Waals surface area contributed by atoms with Crippen molar-refractivity contribution in [3.05, 3.63) is 33.7 Å². The van der Waals surface area contributed by atoms with Crippen LogP contribution in [0.5, 0.6) is 0 Å². The largest absolute Gasteiger partial charge is 0.477 e. The zero-order chi connectivity index (χ0) is 12.8. The summed E-state index contributed by atoms with van der Waals surface area (Å²) in [6, 6.07) is 1.34. The molecule has 1 aromatic rings. The number of carbonyl (C=O) groups is 1. The maximum Gasteiger partial charge on any atom is 0.341 e. The SMILES string of the molecule is Cc1cc(=O)c(C(=O)O)cn1CCCCCO. The van der Waals surface area contributed by atoms with E-state index < -0.39 is 11.4 Å². The number of hydrogen-bond acceptors (Lipinski definition) is 3. The first-order valence-corrected chi connectivity index (χ1v) is 5.61. The second kappa shape index (κ2) is 6.20. The van der Waals surface area contributed by atoms with Gasteiger partial charge in [0, 0.05) is 31.1 Å². The van der Waals surface area contributed by atoms with Crippen LogP contribution >= 0.6 is 0 Å². The Morgan fingerprint density at radius 3 is 2.65 bits per heavy atom. The molecule has 0 radical (unpaired) electrons. The highest BCUT2D eigenvalue weighted by Crippen LogP contribution is 2.04. The van der Waals surface area contributed by atoms with Crippen molar-refractivity contribution in [2.45, 2.75) is 32.7 Å². The summed E-state index contributed by atoms with van der Waals surface area (Å²) in [6.45, 7) is 2.61. The van der Waals surface area contributed by atoms with Crippen LogP contribution in [0.1, 0.15) is 35.3 Å². The Hall–Kier alpha value is -1.62. The maximum absolute atomic E-state index is 11.4. The van der Waals surface area contributed by atoms with Crippen LogP contribution in [0.3, 0.4) is 0 Å². The number of aliphatic hydroxyl groups excluding tert-OH is 1. The molecule has 0 aliphatic heterocycles. The van der Waals surface area contributed by atoms with Crippen molar-refractivity contribution in [1.29, 1.82) is 0 Å². The first kappa shape index (κ1) is 13.4. The fourth-order valence-corrected chi connectivity index (χ4v) is 1.64. The molecule has 5 nitrogen and oxygen atoms in total. The number of carboxylic acids is 1. The van der Waals surface area contributed by atoms with Crippen LogP contribution in [0.4, 0.5) is 0 Å². The van der Waals surface area contributed by atoms with Gasteiger partial charge in [-0.2, -0.15) is 0 Å². The van der Waals surface area contributed by atoms with Gasteiger partial charge in [-0.15, -0.1) is 0 Å².